The normalized spacial score (nSPS) is 12.6. The number of nitrogens with two attached hydrogens (primary N) is 1. The van der Waals surface area contributed by atoms with Gasteiger partial charge < -0.3 is 15.8 Å². The van der Waals surface area contributed by atoms with Crippen LogP contribution in [0.5, 0.6) is 0 Å². The molecule has 0 spiro atoms. The molecule has 1 unspecified atom stereocenters. The highest BCUT2D eigenvalue weighted by Crippen LogP contribution is 1.85. The van der Waals surface area contributed by atoms with Gasteiger partial charge in [0.15, 0.2) is 0 Å². The molecule has 0 heterocycles. The van der Waals surface area contributed by atoms with E-state index in [2.05, 4.69) is 5.32 Å². The zero-order chi connectivity index (χ0) is 8.69. The van der Waals surface area contributed by atoms with Crippen LogP contribution in [0.1, 0.15) is 13.8 Å². The Hall–Kier alpha value is -0.610. The summed E-state index contributed by atoms with van der Waals surface area (Å²) in [5, 5.41) is 2.92. The number of carbonyl (C=O) groups is 1. The number of ether oxygens (including phenoxy) is 1. The number of nitrogens with one attached hydrogen (secondary N) is 1. The van der Waals surface area contributed by atoms with Crippen molar-refractivity contribution in [2.45, 2.75) is 19.9 Å². The SMILES string of the molecule is CCOC(=O)C(C)NCCN. The Morgan fingerprint density at radius 3 is 2.82 bits per heavy atom. The molecular formula is C7H16N2O2. The summed E-state index contributed by atoms with van der Waals surface area (Å²) >= 11 is 0. The minimum absolute atomic E-state index is 0.221. The third-order valence-corrected chi connectivity index (χ3v) is 1.24. The summed E-state index contributed by atoms with van der Waals surface area (Å²) in [7, 11) is 0. The van der Waals surface area contributed by atoms with Gasteiger partial charge >= 0.3 is 5.97 Å². The van der Waals surface area contributed by atoms with E-state index in [0.29, 0.717) is 19.7 Å². The second-order valence-corrected chi connectivity index (χ2v) is 2.22. The van der Waals surface area contributed by atoms with Crippen LogP contribution in [-0.2, 0) is 9.53 Å². The molecule has 4 nitrogen and oxygen atoms in total. The molecule has 0 fully saturated rings. The predicted octanol–water partition coefficient (Wildman–Crippen LogP) is -0.514. The Kier molecular flexibility index (Phi) is 5.78. The standard InChI is InChI=1S/C7H16N2O2/c1-3-11-7(10)6(2)9-5-4-8/h6,9H,3-5,8H2,1-2H3. The molecule has 0 aliphatic carbocycles. The average molecular weight is 160 g/mol. The summed E-state index contributed by atoms with van der Waals surface area (Å²) in [5.74, 6) is -0.221. The van der Waals surface area contributed by atoms with Crippen molar-refractivity contribution in [3.63, 3.8) is 0 Å². The number of carbonyl (C=O) groups excluding carboxylic acids is 1. The van der Waals surface area contributed by atoms with Crippen LogP contribution in [0.2, 0.25) is 0 Å². The van der Waals surface area contributed by atoms with E-state index in [4.69, 9.17) is 10.5 Å². The molecule has 66 valence electrons. The summed E-state index contributed by atoms with van der Waals surface area (Å²) in [6.45, 7) is 5.14. The molecule has 0 rings (SSSR count). The van der Waals surface area contributed by atoms with Gasteiger partial charge in [-0.1, -0.05) is 0 Å². The molecule has 0 aromatic carbocycles. The van der Waals surface area contributed by atoms with Crippen LogP contribution in [0.25, 0.3) is 0 Å². The van der Waals surface area contributed by atoms with Crippen molar-refractivity contribution in [2.24, 2.45) is 5.73 Å². The largest absolute Gasteiger partial charge is 0.465 e. The molecule has 0 saturated carbocycles. The van der Waals surface area contributed by atoms with Crippen molar-refractivity contribution < 1.29 is 9.53 Å². The monoisotopic (exact) mass is 160 g/mol. The van der Waals surface area contributed by atoms with Gasteiger partial charge in [-0.2, -0.15) is 0 Å². The van der Waals surface area contributed by atoms with E-state index in [1.807, 2.05) is 0 Å². The Morgan fingerprint density at radius 1 is 1.73 bits per heavy atom. The lowest BCUT2D eigenvalue weighted by atomic mass is 10.3. The first-order valence-electron chi connectivity index (χ1n) is 3.82. The van der Waals surface area contributed by atoms with Gasteiger partial charge in [-0.05, 0) is 13.8 Å². The minimum Gasteiger partial charge on any atom is -0.465 e. The second-order valence-electron chi connectivity index (χ2n) is 2.22. The van der Waals surface area contributed by atoms with Crippen LogP contribution in [0, 0.1) is 0 Å². The number of rotatable bonds is 5. The van der Waals surface area contributed by atoms with Gasteiger partial charge in [0.2, 0.25) is 0 Å². The molecule has 0 aromatic rings. The van der Waals surface area contributed by atoms with Crippen molar-refractivity contribution in [3.05, 3.63) is 0 Å². The first kappa shape index (κ1) is 10.4. The van der Waals surface area contributed by atoms with Gasteiger partial charge in [0.1, 0.15) is 6.04 Å². The Balaban J connectivity index is 3.46. The molecule has 0 aromatic heterocycles. The molecule has 11 heavy (non-hydrogen) atoms. The maximum Gasteiger partial charge on any atom is 0.322 e. The molecule has 0 saturated heterocycles. The lowest BCUT2D eigenvalue weighted by Crippen LogP contribution is -2.38. The predicted molar refractivity (Wildman–Crippen MR) is 43.2 cm³/mol. The fraction of sp³-hybridized carbons (Fsp3) is 0.857. The van der Waals surface area contributed by atoms with E-state index < -0.39 is 0 Å². The topological polar surface area (TPSA) is 64.3 Å². The second kappa shape index (κ2) is 6.12. The van der Waals surface area contributed by atoms with E-state index >= 15 is 0 Å². The third-order valence-electron chi connectivity index (χ3n) is 1.24. The fourth-order valence-electron chi connectivity index (χ4n) is 0.650. The van der Waals surface area contributed by atoms with Gasteiger partial charge in [-0.3, -0.25) is 4.79 Å². The van der Waals surface area contributed by atoms with Gasteiger partial charge in [0, 0.05) is 13.1 Å². The van der Waals surface area contributed by atoms with Gasteiger partial charge in [0.05, 0.1) is 6.61 Å². The summed E-state index contributed by atoms with van der Waals surface area (Å²) in [5.41, 5.74) is 5.24. The molecule has 0 aliphatic heterocycles. The summed E-state index contributed by atoms with van der Waals surface area (Å²) in [4.78, 5) is 10.9. The Morgan fingerprint density at radius 2 is 2.36 bits per heavy atom. The quantitative estimate of drug-likeness (QED) is 0.531. The van der Waals surface area contributed by atoms with Crippen LogP contribution in [-0.4, -0.2) is 31.7 Å². The first-order chi connectivity index (χ1) is 5.22. The van der Waals surface area contributed by atoms with Crippen molar-refractivity contribution in [3.8, 4) is 0 Å². The van der Waals surface area contributed by atoms with Gasteiger partial charge in [-0.15, -0.1) is 0 Å². The first-order valence-corrected chi connectivity index (χ1v) is 3.82. The number of hydrogen-bond acceptors (Lipinski definition) is 4. The molecule has 0 radical (unpaired) electrons. The maximum absolute atomic E-state index is 10.9. The van der Waals surface area contributed by atoms with Crippen LogP contribution in [0.4, 0.5) is 0 Å². The molecule has 0 aliphatic rings. The number of esters is 1. The maximum atomic E-state index is 10.9. The fourth-order valence-corrected chi connectivity index (χ4v) is 0.650. The highest BCUT2D eigenvalue weighted by Gasteiger charge is 2.11. The van der Waals surface area contributed by atoms with Gasteiger partial charge in [0.25, 0.3) is 0 Å². The lowest BCUT2D eigenvalue weighted by Gasteiger charge is -2.10. The third kappa shape index (κ3) is 4.75. The van der Waals surface area contributed by atoms with E-state index in [1.54, 1.807) is 13.8 Å². The Labute approximate surface area is 67.1 Å². The van der Waals surface area contributed by atoms with Crippen LogP contribution >= 0.6 is 0 Å². The van der Waals surface area contributed by atoms with E-state index in [9.17, 15) is 4.79 Å². The zero-order valence-corrected chi connectivity index (χ0v) is 7.09. The van der Waals surface area contributed by atoms with Crippen LogP contribution in [0.3, 0.4) is 0 Å². The molecule has 0 amide bonds. The van der Waals surface area contributed by atoms with E-state index in [0.717, 1.165) is 0 Å². The molecule has 1 atom stereocenters. The van der Waals surface area contributed by atoms with Crippen molar-refractivity contribution in [1.82, 2.24) is 5.32 Å². The van der Waals surface area contributed by atoms with Crippen LogP contribution in [0.15, 0.2) is 0 Å². The van der Waals surface area contributed by atoms with Crippen molar-refractivity contribution in [2.75, 3.05) is 19.7 Å². The van der Waals surface area contributed by atoms with E-state index in [-0.39, 0.29) is 12.0 Å². The number of hydrogen-bond donors (Lipinski definition) is 2. The zero-order valence-electron chi connectivity index (χ0n) is 7.09. The summed E-state index contributed by atoms with van der Waals surface area (Å²) in [6, 6.07) is -0.251. The van der Waals surface area contributed by atoms with Gasteiger partial charge in [-0.25, -0.2) is 0 Å². The van der Waals surface area contributed by atoms with Crippen LogP contribution < -0.4 is 11.1 Å². The molecular weight excluding hydrogens is 144 g/mol. The highest BCUT2D eigenvalue weighted by molar-refractivity contribution is 5.75. The molecule has 0 bridgehead atoms. The molecule has 3 N–H and O–H groups in total. The van der Waals surface area contributed by atoms with Crippen molar-refractivity contribution >= 4 is 5.97 Å². The van der Waals surface area contributed by atoms with E-state index in [1.165, 1.54) is 0 Å². The highest BCUT2D eigenvalue weighted by atomic mass is 16.5. The smallest absolute Gasteiger partial charge is 0.322 e. The molecule has 4 heteroatoms. The summed E-state index contributed by atoms with van der Waals surface area (Å²) < 4.78 is 4.76. The lowest BCUT2D eigenvalue weighted by molar-refractivity contribution is -0.145. The van der Waals surface area contributed by atoms with Crippen molar-refractivity contribution in [1.29, 1.82) is 0 Å². The minimum atomic E-state index is -0.251. The summed E-state index contributed by atoms with van der Waals surface area (Å²) in [6.07, 6.45) is 0. The average Bonchev–Trinajstić information content (AvgIpc) is 2.00. The Bertz CT molecular complexity index is 117.